The minimum Gasteiger partial charge on any atom is -0.330 e. The van der Waals surface area contributed by atoms with Gasteiger partial charge in [-0.25, -0.2) is 0 Å². The Kier molecular flexibility index (Phi) is 7.24. The summed E-state index contributed by atoms with van der Waals surface area (Å²) < 4.78 is 1.71. The number of carbonyl (C=O) groups is 1. The van der Waals surface area contributed by atoms with E-state index in [2.05, 4.69) is 12.0 Å². The Morgan fingerprint density at radius 1 is 1.40 bits per heavy atom. The Morgan fingerprint density at radius 2 is 2.10 bits per heavy atom. The number of aryl methyl sites for hydroxylation is 2. The lowest BCUT2D eigenvalue weighted by Gasteiger charge is -2.14. The summed E-state index contributed by atoms with van der Waals surface area (Å²) in [6.07, 6.45) is 5.20. The molecular weight excluding hydrogens is 274 g/mol. The van der Waals surface area contributed by atoms with Gasteiger partial charge in [0.1, 0.15) is 5.78 Å². The lowest BCUT2D eigenvalue weighted by molar-refractivity contribution is -0.118. The first-order valence-electron chi connectivity index (χ1n) is 7.39. The number of nitrogens with zero attached hydrogens (tertiary/aromatic N) is 2. The molecule has 4 nitrogen and oxygen atoms in total. The molecule has 0 aliphatic carbocycles. The maximum absolute atomic E-state index is 12.1. The highest BCUT2D eigenvalue weighted by Gasteiger charge is 2.16. The summed E-state index contributed by atoms with van der Waals surface area (Å²) in [6.45, 7) is 4.73. The van der Waals surface area contributed by atoms with E-state index in [1.54, 1.807) is 4.68 Å². The molecule has 5 heteroatoms. The summed E-state index contributed by atoms with van der Waals surface area (Å²) in [7, 11) is 1.83. The van der Waals surface area contributed by atoms with Gasteiger partial charge in [0.15, 0.2) is 0 Å². The monoisotopic (exact) mass is 299 g/mol. The zero-order valence-electron chi connectivity index (χ0n) is 12.8. The molecule has 1 aromatic heterocycles. The largest absolute Gasteiger partial charge is 0.330 e. The zero-order valence-corrected chi connectivity index (χ0v) is 13.5. The van der Waals surface area contributed by atoms with E-state index in [0.29, 0.717) is 30.3 Å². The molecule has 0 aliphatic heterocycles. The van der Waals surface area contributed by atoms with E-state index in [0.717, 1.165) is 37.1 Å². The number of ketones is 1. The van der Waals surface area contributed by atoms with Crippen molar-refractivity contribution in [1.29, 1.82) is 0 Å². The normalized spacial score (nSPS) is 12.7. The van der Waals surface area contributed by atoms with Crippen LogP contribution in [-0.4, -0.2) is 22.1 Å². The first-order chi connectivity index (χ1) is 9.49. The maximum Gasteiger partial charge on any atom is 0.138 e. The van der Waals surface area contributed by atoms with Crippen molar-refractivity contribution in [3.8, 4) is 0 Å². The minimum absolute atomic E-state index is 0.230. The first kappa shape index (κ1) is 17.2. The third-order valence-corrected chi connectivity index (χ3v) is 4.22. The number of aromatic nitrogens is 2. The molecule has 2 N–H and O–H groups in total. The molecule has 1 aromatic rings. The first-order valence-corrected chi connectivity index (χ1v) is 7.77. The van der Waals surface area contributed by atoms with Crippen molar-refractivity contribution in [2.24, 2.45) is 18.7 Å². The average molecular weight is 300 g/mol. The van der Waals surface area contributed by atoms with Crippen LogP contribution < -0.4 is 5.73 Å². The van der Waals surface area contributed by atoms with Crippen LogP contribution in [0.25, 0.3) is 0 Å². The molecule has 0 bridgehead atoms. The van der Waals surface area contributed by atoms with Crippen LogP contribution in [0.1, 0.15) is 50.4 Å². The standard InChI is InChI=1S/C15H26ClN3O/c1-4-5-12(8-9-17)6-7-13(20)10-14-15(16)11(2)18-19(14)3/h12H,4-10,17H2,1-3H3. The summed E-state index contributed by atoms with van der Waals surface area (Å²) >= 11 is 6.17. The Bertz CT molecular complexity index is 437. The third kappa shape index (κ3) is 4.91. The molecule has 1 heterocycles. The summed E-state index contributed by atoms with van der Waals surface area (Å²) in [5, 5.41) is 4.85. The van der Waals surface area contributed by atoms with Crippen molar-refractivity contribution in [2.75, 3.05) is 6.54 Å². The maximum atomic E-state index is 12.1. The average Bonchev–Trinajstić information content (AvgIpc) is 2.63. The molecule has 0 saturated carbocycles. The lowest BCUT2D eigenvalue weighted by atomic mass is 9.93. The van der Waals surface area contributed by atoms with E-state index in [1.807, 2.05) is 14.0 Å². The van der Waals surface area contributed by atoms with Crippen LogP contribution in [0, 0.1) is 12.8 Å². The fraction of sp³-hybridized carbons (Fsp3) is 0.733. The molecule has 0 aromatic carbocycles. The molecule has 1 rings (SSSR count). The van der Waals surface area contributed by atoms with Crippen molar-refractivity contribution >= 4 is 17.4 Å². The van der Waals surface area contributed by atoms with E-state index < -0.39 is 0 Å². The molecule has 0 aliphatic rings. The smallest absolute Gasteiger partial charge is 0.138 e. The van der Waals surface area contributed by atoms with Gasteiger partial charge in [-0.1, -0.05) is 31.4 Å². The van der Waals surface area contributed by atoms with Crippen LogP contribution in [0.5, 0.6) is 0 Å². The quantitative estimate of drug-likeness (QED) is 0.762. The van der Waals surface area contributed by atoms with Gasteiger partial charge in [-0.05, 0) is 32.2 Å². The molecule has 0 saturated heterocycles. The summed E-state index contributed by atoms with van der Waals surface area (Å²) in [6, 6.07) is 0. The van der Waals surface area contributed by atoms with E-state index in [9.17, 15) is 4.79 Å². The second-order valence-corrected chi connectivity index (χ2v) is 5.83. The molecule has 0 radical (unpaired) electrons. The Hall–Kier alpha value is -0.870. The van der Waals surface area contributed by atoms with Gasteiger partial charge in [0, 0.05) is 19.9 Å². The van der Waals surface area contributed by atoms with Crippen molar-refractivity contribution in [2.45, 2.75) is 52.4 Å². The molecule has 1 atom stereocenters. The second-order valence-electron chi connectivity index (χ2n) is 5.46. The highest BCUT2D eigenvalue weighted by molar-refractivity contribution is 6.32. The Morgan fingerprint density at radius 3 is 2.60 bits per heavy atom. The van der Waals surface area contributed by atoms with Crippen molar-refractivity contribution in [3.05, 3.63) is 16.4 Å². The number of carbonyl (C=O) groups excluding carboxylic acids is 1. The number of Topliss-reactive ketones (excluding diaryl/α,β-unsaturated/α-hetero) is 1. The van der Waals surface area contributed by atoms with Crippen LogP contribution >= 0.6 is 11.6 Å². The number of rotatable bonds is 9. The number of hydrogen-bond acceptors (Lipinski definition) is 3. The second kappa shape index (κ2) is 8.42. The molecule has 0 fully saturated rings. The van der Waals surface area contributed by atoms with E-state index in [4.69, 9.17) is 17.3 Å². The summed E-state index contributed by atoms with van der Waals surface area (Å²) in [5.41, 5.74) is 7.22. The summed E-state index contributed by atoms with van der Waals surface area (Å²) in [4.78, 5) is 12.1. The fourth-order valence-corrected chi connectivity index (χ4v) is 2.82. The van der Waals surface area contributed by atoms with Crippen molar-refractivity contribution < 1.29 is 4.79 Å². The van der Waals surface area contributed by atoms with E-state index >= 15 is 0 Å². The number of nitrogens with two attached hydrogens (primary N) is 1. The molecule has 114 valence electrons. The minimum atomic E-state index is 0.230. The molecule has 0 spiro atoms. The van der Waals surface area contributed by atoms with Crippen LogP contribution in [-0.2, 0) is 18.3 Å². The van der Waals surface area contributed by atoms with Crippen LogP contribution in [0.2, 0.25) is 5.02 Å². The molecule has 0 amide bonds. The van der Waals surface area contributed by atoms with Gasteiger partial charge in [0.05, 0.1) is 16.4 Å². The van der Waals surface area contributed by atoms with Gasteiger partial charge in [0.25, 0.3) is 0 Å². The zero-order chi connectivity index (χ0) is 15.1. The Balaban J connectivity index is 2.50. The van der Waals surface area contributed by atoms with Crippen LogP contribution in [0.3, 0.4) is 0 Å². The van der Waals surface area contributed by atoms with Crippen LogP contribution in [0.4, 0.5) is 0 Å². The summed E-state index contributed by atoms with van der Waals surface area (Å²) in [5.74, 6) is 0.797. The van der Waals surface area contributed by atoms with E-state index in [-0.39, 0.29) is 5.78 Å². The van der Waals surface area contributed by atoms with Gasteiger partial charge in [-0.3, -0.25) is 9.48 Å². The third-order valence-electron chi connectivity index (χ3n) is 3.73. The van der Waals surface area contributed by atoms with E-state index in [1.165, 1.54) is 0 Å². The molecule has 20 heavy (non-hydrogen) atoms. The molecular formula is C15H26ClN3O. The molecule has 1 unspecified atom stereocenters. The topological polar surface area (TPSA) is 60.9 Å². The van der Waals surface area contributed by atoms with Crippen molar-refractivity contribution in [1.82, 2.24) is 9.78 Å². The van der Waals surface area contributed by atoms with Gasteiger partial charge in [-0.15, -0.1) is 0 Å². The fourth-order valence-electron chi connectivity index (χ4n) is 2.59. The lowest BCUT2D eigenvalue weighted by Crippen LogP contribution is -2.13. The highest BCUT2D eigenvalue weighted by Crippen LogP contribution is 2.22. The number of hydrogen-bond donors (Lipinski definition) is 1. The van der Waals surface area contributed by atoms with Gasteiger partial charge >= 0.3 is 0 Å². The predicted molar refractivity (Wildman–Crippen MR) is 83.0 cm³/mol. The predicted octanol–water partition coefficient (Wildman–Crippen LogP) is 3.04. The SMILES string of the molecule is CCCC(CCN)CCC(=O)Cc1c(Cl)c(C)nn1C. The van der Waals surface area contributed by atoms with Crippen LogP contribution in [0.15, 0.2) is 0 Å². The van der Waals surface area contributed by atoms with Crippen molar-refractivity contribution in [3.63, 3.8) is 0 Å². The van der Waals surface area contributed by atoms with Gasteiger partial charge in [-0.2, -0.15) is 5.10 Å². The van der Waals surface area contributed by atoms with Gasteiger partial charge < -0.3 is 5.73 Å². The Labute approximate surface area is 126 Å². The van der Waals surface area contributed by atoms with Gasteiger partial charge in [0.2, 0.25) is 0 Å². The highest BCUT2D eigenvalue weighted by atomic mass is 35.5. The number of halogens is 1.